The monoisotopic (exact) mass is 325 g/mol. The van der Waals surface area contributed by atoms with Gasteiger partial charge in [0.05, 0.1) is 0 Å². The van der Waals surface area contributed by atoms with Gasteiger partial charge in [0, 0.05) is 28.8 Å². The molecule has 0 aliphatic carbocycles. The number of rotatable bonds is 2. The fourth-order valence-electron chi connectivity index (χ4n) is 2.61. The van der Waals surface area contributed by atoms with Gasteiger partial charge in [-0.05, 0) is 52.4 Å². The van der Waals surface area contributed by atoms with Crippen LogP contribution in [0.15, 0.2) is 27.8 Å². The molecule has 0 aromatic heterocycles. The molecule has 5 heteroatoms. The summed E-state index contributed by atoms with van der Waals surface area (Å²) in [6.45, 7) is 6.75. The van der Waals surface area contributed by atoms with E-state index in [2.05, 4.69) is 39.8 Å². The lowest BCUT2D eigenvalue weighted by molar-refractivity contribution is 0.293. The van der Waals surface area contributed by atoms with E-state index < -0.39 is 0 Å². The van der Waals surface area contributed by atoms with Crippen molar-refractivity contribution in [1.29, 1.82) is 0 Å². The van der Waals surface area contributed by atoms with Gasteiger partial charge in [-0.15, -0.1) is 0 Å². The summed E-state index contributed by atoms with van der Waals surface area (Å²) in [6, 6.07) is 5.95. The van der Waals surface area contributed by atoms with Gasteiger partial charge in [-0.3, -0.25) is 0 Å². The fraction of sp³-hybridized carbons (Fsp3) is 0.500. The van der Waals surface area contributed by atoms with Gasteiger partial charge in [0.15, 0.2) is 5.84 Å². The van der Waals surface area contributed by atoms with E-state index in [0.29, 0.717) is 11.0 Å². The van der Waals surface area contributed by atoms with Crippen molar-refractivity contribution >= 4 is 27.5 Å². The van der Waals surface area contributed by atoms with Crippen LogP contribution in [0.1, 0.15) is 32.3 Å². The second-order valence-electron chi connectivity index (χ2n) is 5.84. The lowest BCUT2D eigenvalue weighted by Gasteiger charge is -2.39. The Hall–Kier alpha value is -1.23. The van der Waals surface area contributed by atoms with E-state index in [1.165, 1.54) is 18.5 Å². The zero-order chi connectivity index (χ0) is 14.0. The highest BCUT2D eigenvalue weighted by Crippen LogP contribution is 2.33. The molecule has 0 bridgehead atoms. The maximum Gasteiger partial charge on any atom is 0.171 e. The van der Waals surface area contributed by atoms with E-state index in [4.69, 9.17) is 10.9 Å². The molecule has 2 rings (SSSR count). The van der Waals surface area contributed by atoms with Crippen molar-refractivity contribution in [3.63, 3.8) is 0 Å². The van der Waals surface area contributed by atoms with E-state index in [1.807, 2.05) is 18.2 Å². The summed E-state index contributed by atoms with van der Waals surface area (Å²) >= 11 is 3.49. The van der Waals surface area contributed by atoms with E-state index >= 15 is 0 Å². The number of anilines is 1. The average molecular weight is 326 g/mol. The largest absolute Gasteiger partial charge is 0.409 e. The molecule has 1 heterocycles. The van der Waals surface area contributed by atoms with Gasteiger partial charge in [0.1, 0.15) is 0 Å². The van der Waals surface area contributed by atoms with Crippen LogP contribution in [0.5, 0.6) is 0 Å². The second kappa shape index (κ2) is 5.41. The van der Waals surface area contributed by atoms with Gasteiger partial charge in [0.2, 0.25) is 0 Å². The van der Waals surface area contributed by atoms with Gasteiger partial charge in [-0.1, -0.05) is 19.0 Å². The molecule has 1 aliphatic rings. The molecule has 0 saturated carbocycles. The number of nitrogens with zero attached hydrogens (tertiary/aromatic N) is 2. The maximum atomic E-state index is 8.73. The van der Waals surface area contributed by atoms with Crippen molar-refractivity contribution in [2.75, 3.05) is 18.0 Å². The molecular formula is C14H20BrN3O. The standard InChI is InChI=1S/C14H20BrN3O/c1-14(2)6-3-7-18(9-14)10-4-5-11(12(15)8-10)13(16)17-19/h4-5,8,19H,3,6-7,9H2,1-2H3,(H2,16,17). The topological polar surface area (TPSA) is 61.8 Å². The first-order valence-electron chi connectivity index (χ1n) is 6.45. The molecule has 1 aromatic carbocycles. The zero-order valence-corrected chi connectivity index (χ0v) is 12.9. The number of hydrogen-bond acceptors (Lipinski definition) is 3. The molecule has 1 saturated heterocycles. The summed E-state index contributed by atoms with van der Waals surface area (Å²) in [7, 11) is 0. The molecule has 0 radical (unpaired) electrons. The van der Waals surface area contributed by atoms with Crippen LogP contribution in [0.25, 0.3) is 0 Å². The Morgan fingerprint density at radius 2 is 2.21 bits per heavy atom. The molecule has 1 aliphatic heterocycles. The quantitative estimate of drug-likeness (QED) is 0.380. The summed E-state index contributed by atoms with van der Waals surface area (Å²) in [6.07, 6.45) is 2.49. The summed E-state index contributed by atoms with van der Waals surface area (Å²) in [5.74, 6) is 0.123. The highest BCUT2D eigenvalue weighted by Gasteiger charge is 2.26. The normalized spacial score (nSPS) is 19.5. The Bertz CT molecular complexity index is 499. The van der Waals surface area contributed by atoms with Crippen LogP contribution in [0, 0.1) is 5.41 Å². The Kier molecular flexibility index (Phi) is 4.04. The number of amidine groups is 1. The molecule has 19 heavy (non-hydrogen) atoms. The smallest absolute Gasteiger partial charge is 0.171 e. The highest BCUT2D eigenvalue weighted by molar-refractivity contribution is 9.10. The van der Waals surface area contributed by atoms with E-state index in [-0.39, 0.29) is 5.84 Å². The first kappa shape index (κ1) is 14.2. The van der Waals surface area contributed by atoms with Crippen LogP contribution in [-0.4, -0.2) is 24.1 Å². The predicted octanol–water partition coefficient (Wildman–Crippen LogP) is 3.17. The van der Waals surface area contributed by atoms with Crippen molar-refractivity contribution in [1.82, 2.24) is 0 Å². The van der Waals surface area contributed by atoms with Gasteiger partial charge < -0.3 is 15.8 Å². The van der Waals surface area contributed by atoms with Crippen molar-refractivity contribution in [3.05, 3.63) is 28.2 Å². The minimum Gasteiger partial charge on any atom is -0.409 e. The summed E-state index contributed by atoms with van der Waals surface area (Å²) in [5.41, 5.74) is 7.87. The number of oxime groups is 1. The zero-order valence-electron chi connectivity index (χ0n) is 11.4. The van der Waals surface area contributed by atoms with E-state index in [0.717, 1.165) is 17.6 Å². The molecule has 1 fully saturated rings. The third kappa shape index (κ3) is 3.21. The van der Waals surface area contributed by atoms with Crippen LogP contribution in [-0.2, 0) is 0 Å². The number of halogens is 1. The summed E-state index contributed by atoms with van der Waals surface area (Å²) in [4.78, 5) is 2.39. The Labute approximate surface area is 122 Å². The van der Waals surface area contributed by atoms with Gasteiger partial charge in [0.25, 0.3) is 0 Å². The Balaban J connectivity index is 2.25. The van der Waals surface area contributed by atoms with Crippen LogP contribution in [0.3, 0.4) is 0 Å². The van der Waals surface area contributed by atoms with Gasteiger partial charge >= 0.3 is 0 Å². The molecule has 3 N–H and O–H groups in total. The molecule has 104 valence electrons. The van der Waals surface area contributed by atoms with Crippen LogP contribution >= 0.6 is 15.9 Å². The lowest BCUT2D eigenvalue weighted by atomic mass is 9.84. The molecular weight excluding hydrogens is 306 g/mol. The highest BCUT2D eigenvalue weighted by atomic mass is 79.9. The van der Waals surface area contributed by atoms with Crippen LogP contribution in [0.2, 0.25) is 0 Å². The average Bonchev–Trinajstić information content (AvgIpc) is 2.36. The van der Waals surface area contributed by atoms with E-state index in [1.54, 1.807) is 0 Å². The molecule has 0 spiro atoms. The maximum absolute atomic E-state index is 8.73. The predicted molar refractivity (Wildman–Crippen MR) is 81.9 cm³/mol. The van der Waals surface area contributed by atoms with Crippen molar-refractivity contribution in [2.24, 2.45) is 16.3 Å². The first-order valence-corrected chi connectivity index (χ1v) is 7.25. The molecule has 0 unspecified atom stereocenters. The SMILES string of the molecule is CC1(C)CCCN(c2ccc(/C(N)=N/O)c(Br)c2)C1. The first-order chi connectivity index (χ1) is 8.93. The van der Waals surface area contributed by atoms with Crippen molar-refractivity contribution < 1.29 is 5.21 Å². The number of hydrogen-bond donors (Lipinski definition) is 2. The summed E-state index contributed by atoms with van der Waals surface area (Å²) < 4.78 is 0.851. The second-order valence-corrected chi connectivity index (χ2v) is 6.69. The van der Waals surface area contributed by atoms with Gasteiger partial charge in [-0.2, -0.15) is 0 Å². The van der Waals surface area contributed by atoms with Crippen molar-refractivity contribution in [2.45, 2.75) is 26.7 Å². The third-order valence-electron chi connectivity index (χ3n) is 3.60. The Morgan fingerprint density at radius 3 is 2.79 bits per heavy atom. The van der Waals surface area contributed by atoms with Crippen LogP contribution < -0.4 is 10.6 Å². The molecule has 1 aromatic rings. The molecule has 0 amide bonds. The van der Waals surface area contributed by atoms with Crippen LogP contribution in [0.4, 0.5) is 5.69 Å². The third-order valence-corrected chi connectivity index (χ3v) is 4.26. The minimum absolute atomic E-state index is 0.123. The van der Waals surface area contributed by atoms with E-state index in [9.17, 15) is 0 Å². The number of piperidine rings is 1. The van der Waals surface area contributed by atoms with Gasteiger partial charge in [-0.25, -0.2) is 0 Å². The number of nitrogens with two attached hydrogens (primary N) is 1. The summed E-state index contributed by atoms with van der Waals surface area (Å²) in [5, 5.41) is 11.8. The molecule has 4 nitrogen and oxygen atoms in total. The lowest BCUT2D eigenvalue weighted by Crippen LogP contribution is -2.40. The minimum atomic E-state index is 0.123. The van der Waals surface area contributed by atoms with Crippen molar-refractivity contribution in [3.8, 4) is 0 Å². The number of benzene rings is 1. The Morgan fingerprint density at radius 1 is 1.47 bits per heavy atom. The molecule has 0 atom stereocenters. The fourth-order valence-corrected chi connectivity index (χ4v) is 3.18.